The predicted octanol–water partition coefficient (Wildman–Crippen LogP) is 4.86. The number of carbonyl (C=O) groups is 1. The van der Waals surface area contributed by atoms with Crippen LogP contribution in [0.1, 0.15) is 24.2 Å². The molecule has 0 unspecified atom stereocenters. The summed E-state index contributed by atoms with van der Waals surface area (Å²) in [6.45, 7) is 4.99. The minimum absolute atomic E-state index is 0.165. The normalized spacial score (nSPS) is 10.8. The van der Waals surface area contributed by atoms with Gasteiger partial charge in [-0.2, -0.15) is 0 Å². The third-order valence-electron chi connectivity index (χ3n) is 4.68. The molecule has 142 valence electrons. The second-order valence-electron chi connectivity index (χ2n) is 6.38. The number of aryl methyl sites for hydroxylation is 1. The van der Waals surface area contributed by atoms with Crippen LogP contribution in [-0.2, 0) is 16.1 Å². The summed E-state index contributed by atoms with van der Waals surface area (Å²) in [5.74, 6) is 0.673. The Labute approximate surface area is 163 Å². The molecule has 0 atom stereocenters. The van der Waals surface area contributed by atoms with Crippen molar-refractivity contribution in [2.45, 2.75) is 33.2 Å². The third kappa shape index (κ3) is 4.22. The van der Waals surface area contributed by atoms with Gasteiger partial charge in [-0.05, 0) is 50.6 Å². The fourth-order valence-electron chi connectivity index (χ4n) is 3.15. The van der Waals surface area contributed by atoms with E-state index in [1.807, 2.05) is 24.3 Å². The van der Waals surface area contributed by atoms with Crippen LogP contribution < -0.4 is 4.74 Å². The van der Waals surface area contributed by atoms with Crippen molar-refractivity contribution in [1.82, 2.24) is 9.55 Å². The number of thiazole rings is 1. The van der Waals surface area contributed by atoms with Crippen molar-refractivity contribution in [3.8, 4) is 27.6 Å². The first-order chi connectivity index (χ1) is 13.0. The molecule has 0 spiro atoms. The average molecular weight is 385 g/mol. The standard InChI is InChI=1S/C21H24N2O3S/c1-14-12-18(15(2)23(14)11-5-6-20(24)26-4)19-13-27-21(22-19)16-7-9-17(25-3)10-8-16/h7-10,12-13H,5-6,11H2,1-4H3. The van der Waals surface area contributed by atoms with Crippen LogP contribution >= 0.6 is 11.3 Å². The molecule has 0 fully saturated rings. The maximum absolute atomic E-state index is 11.3. The molecule has 1 aromatic carbocycles. The number of hydrogen-bond donors (Lipinski definition) is 0. The van der Waals surface area contributed by atoms with Gasteiger partial charge < -0.3 is 14.0 Å². The van der Waals surface area contributed by atoms with Crippen LogP contribution in [0.15, 0.2) is 35.7 Å². The quantitative estimate of drug-likeness (QED) is 0.546. The summed E-state index contributed by atoms with van der Waals surface area (Å²) in [5.41, 5.74) is 5.55. The molecule has 5 nitrogen and oxygen atoms in total. The smallest absolute Gasteiger partial charge is 0.305 e. The fourth-order valence-corrected chi connectivity index (χ4v) is 3.98. The van der Waals surface area contributed by atoms with Crippen LogP contribution in [-0.4, -0.2) is 29.7 Å². The maximum atomic E-state index is 11.3. The Bertz CT molecular complexity index is 926. The van der Waals surface area contributed by atoms with Gasteiger partial charge in [-0.1, -0.05) is 0 Å². The number of aromatic nitrogens is 2. The molecule has 0 aliphatic heterocycles. The number of ether oxygens (including phenoxy) is 2. The Morgan fingerprint density at radius 2 is 1.93 bits per heavy atom. The van der Waals surface area contributed by atoms with Crippen LogP contribution in [0.2, 0.25) is 0 Å². The second kappa shape index (κ2) is 8.39. The number of hydrogen-bond acceptors (Lipinski definition) is 5. The van der Waals surface area contributed by atoms with Gasteiger partial charge in [0.2, 0.25) is 0 Å². The van der Waals surface area contributed by atoms with Gasteiger partial charge in [0, 0.05) is 40.9 Å². The van der Waals surface area contributed by atoms with Gasteiger partial charge in [-0.25, -0.2) is 4.98 Å². The molecule has 0 aliphatic carbocycles. The first-order valence-electron chi connectivity index (χ1n) is 8.87. The highest BCUT2D eigenvalue weighted by molar-refractivity contribution is 7.13. The van der Waals surface area contributed by atoms with Gasteiger partial charge in [0.25, 0.3) is 0 Å². The molecule has 27 heavy (non-hydrogen) atoms. The van der Waals surface area contributed by atoms with Crippen LogP contribution in [0.3, 0.4) is 0 Å². The molecular formula is C21H24N2O3S. The van der Waals surface area contributed by atoms with Crippen molar-refractivity contribution >= 4 is 17.3 Å². The molecule has 0 radical (unpaired) electrons. The molecule has 2 heterocycles. The highest BCUT2D eigenvalue weighted by Crippen LogP contribution is 2.32. The number of esters is 1. The Balaban J connectivity index is 1.79. The summed E-state index contributed by atoms with van der Waals surface area (Å²) in [4.78, 5) is 16.2. The predicted molar refractivity (Wildman–Crippen MR) is 108 cm³/mol. The fraction of sp³-hybridized carbons (Fsp3) is 0.333. The highest BCUT2D eigenvalue weighted by atomic mass is 32.1. The molecule has 0 saturated heterocycles. The molecule has 0 bridgehead atoms. The number of benzene rings is 1. The summed E-state index contributed by atoms with van der Waals surface area (Å²) >= 11 is 1.64. The third-order valence-corrected chi connectivity index (χ3v) is 5.57. The number of rotatable bonds is 7. The number of carbonyl (C=O) groups excluding carboxylic acids is 1. The van der Waals surface area contributed by atoms with Gasteiger partial charge in [0.05, 0.1) is 19.9 Å². The SMILES string of the molecule is COC(=O)CCCn1c(C)cc(-c2csc(-c3ccc(OC)cc3)n2)c1C. The van der Waals surface area contributed by atoms with E-state index < -0.39 is 0 Å². The molecule has 0 saturated carbocycles. The van der Waals surface area contributed by atoms with Crippen LogP contribution in [0, 0.1) is 13.8 Å². The summed E-state index contributed by atoms with van der Waals surface area (Å²) in [7, 11) is 3.09. The lowest BCUT2D eigenvalue weighted by atomic mass is 10.2. The van der Waals surface area contributed by atoms with Gasteiger partial charge in [-0.15, -0.1) is 11.3 Å². The van der Waals surface area contributed by atoms with Gasteiger partial charge in [-0.3, -0.25) is 4.79 Å². The van der Waals surface area contributed by atoms with Crippen LogP contribution in [0.4, 0.5) is 0 Å². The largest absolute Gasteiger partial charge is 0.497 e. The van der Waals surface area contributed by atoms with E-state index in [0.717, 1.165) is 40.5 Å². The lowest BCUT2D eigenvalue weighted by Gasteiger charge is -2.09. The van der Waals surface area contributed by atoms with E-state index in [1.54, 1.807) is 18.4 Å². The minimum atomic E-state index is -0.165. The first-order valence-corrected chi connectivity index (χ1v) is 9.75. The monoisotopic (exact) mass is 384 g/mol. The van der Waals surface area contributed by atoms with E-state index in [4.69, 9.17) is 14.5 Å². The summed E-state index contributed by atoms with van der Waals surface area (Å²) < 4.78 is 12.2. The molecule has 3 aromatic rings. The van der Waals surface area contributed by atoms with Crippen molar-refractivity contribution in [1.29, 1.82) is 0 Å². The van der Waals surface area contributed by atoms with Crippen LogP contribution in [0.25, 0.3) is 21.8 Å². The Morgan fingerprint density at radius 3 is 2.59 bits per heavy atom. The lowest BCUT2D eigenvalue weighted by Crippen LogP contribution is -2.06. The molecule has 2 aromatic heterocycles. The van der Waals surface area contributed by atoms with E-state index in [1.165, 1.54) is 18.5 Å². The first kappa shape index (κ1) is 19.2. The molecule has 0 amide bonds. The van der Waals surface area contributed by atoms with E-state index in [0.29, 0.717) is 6.42 Å². The zero-order chi connectivity index (χ0) is 19.4. The number of methoxy groups -OCH3 is 2. The molecule has 3 rings (SSSR count). The van der Waals surface area contributed by atoms with E-state index in [2.05, 4.69) is 29.9 Å². The highest BCUT2D eigenvalue weighted by Gasteiger charge is 2.14. The minimum Gasteiger partial charge on any atom is -0.497 e. The maximum Gasteiger partial charge on any atom is 0.305 e. The Morgan fingerprint density at radius 1 is 1.19 bits per heavy atom. The second-order valence-corrected chi connectivity index (χ2v) is 7.24. The average Bonchev–Trinajstić information content (AvgIpc) is 3.28. The van der Waals surface area contributed by atoms with Gasteiger partial charge >= 0.3 is 5.97 Å². The summed E-state index contributed by atoms with van der Waals surface area (Å²) in [6, 6.07) is 10.1. The lowest BCUT2D eigenvalue weighted by molar-refractivity contribution is -0.140. The zero-order valence-corrected chi connectivity index (χ0v) is 16.9. The van der Waals surface area contributed by atoms with Crippen molar-refractivity contribution in [3.05, 3.63) is 47.1 Å². The molecule has 0 N–H and O–H groups in total. The van der Waals surface area contributed by atoms with E-state index >= 15 is 0 Å². The van der Waals surface area contributed by atoms with Crippen LogP contribution in [0.5, 0.6) is 5.75 Å². The van der Waals surface area contributed by atoms with E-state index in [9.17, 15) is 4.79 Å². The summed E-state index contributed by atoms with van der Waals surface area (Å²) in [6.07, 6.45) is 1.19. The van der Waals surface area contributed by atoms with Crippen molar-refractivity contribution in [3.63, 3.8) is 0 Å². The summed E-state index contributed by atoms with van der Waals surface area (Å²) in [5, 5.41) is 3.09. The van der Waals surface area contributed by atoms with Gasteiger partial charge in [0.15, 0.2) is 0 Å². The Hall–Kier alpha value is -2.60. The molecule has 6 heteroatoms. The molecule has 0 aliphatic rings. The van der Waals surface area contributed by atoms with Crippen molar-refractivity contribution in [2.75, 3.05) is 14.2 Å². The Kier molecular flexibility index (Phi) is 5.96. The van der Waals surface area contributed by atoms with E-state index in [-0.39, 0.29) is 5.97 Å². The topological polar surface area (TPSA) is 53.4 Å². The van der Waals surface area contributed by atoms with Crippen molar-refractivity contribution in [2.24, 2.45) is 0 Å². The van der Waals surface area contributed by atoms with Gasteiger partial charge in [0.1, 0.15) is 10.8 Å². The van der Waals surface area contributed by atoms with Crippen molar-refractivity contribution < 1.29 is 14.3 Å². The molecular weight excluding hydrogens is 360 g/mol. The number of nitrogens with zero attached hydrogens (tertiary/aromatic N) is 2. The zero-order valence-electron chi connectivity index (χ0n) is 16.1.